The fourth-order valence-electron chi connectivity index (χ4n) is 2.07. The molecular formula is C13H20N2OS2. The minimum atomic E-state index is -0.0707. The zero-order valence-electron chi connectivity index (χ0n) is 11.4. The van der Waals surface area contributed by atoms with E-state index in [0.29, 0.717) is 6.04 Å². The molecule has 0 saturated carbocycles. The fourth-order valence-corrected chi connectivity index (χ4v) is 4.30. The summed E-state index contributed by atoms with van der Waals surface area (Å²) >= 11 is 3.52. The molecule has 1 fully saturated rings. The number of aromatic nitrogens is 1. The molecule has 3 nitrogen and oxygen atoms in total. The van der Waals surface area contributed by atoms with Gasteiger partial charge in [-0.1, -0.05) is 32.1 Å². The molecule has 1 aliphatic heterocycles. The van der Waals surface area contributed by atoms with Gasteiger partial charge in [-0.2, -0.15) is 11.8 Å². The van der Waals surface area contributed by atoms with Gasteiger partial charge in [0.2, 0.25) is 0 Å². The summed E-state index contributed by atoms with van der Waals surface area (Å²) in [4.78, 5) is 19.0. The first-order valence-electron chi connectivity index (χ1n) is 6.24. The Balaban J connectivity index is 2.34. The Morgan fingerprint density at radius 2 is 2.17 bits per heavy atom. The average molecular weight is 284 g/mol. The van der Waals surface area contributed by atoms with E-state index in [-0.39, 0.29) is 5.41 Å². The standard InChI is InChI=1S/C13H20N2OS2/c1-9-8-17-6-5-15(9)12-14-11(13(2,3)4)10(7-16)18-12/h7,9H,5-6,8H2,1-4H3. The Morgan fingerprint density at radius 1 is 1.44 bits per heavy atom. The predicted molar refractivity (Wildman–Crippen MR) is 80.3 cm³/mol. The molecule has 0 bridgehead atoms. The molecule has 1 atom stereocenters. The first-order valence-corrected chi connectivity index (χ1v) is 8.21. The monoisotopic (exact) mass is 284 g/mol. The van der Waals surface area contributed by atoms with Crippen molar-refractivity contribution in [3.05, 3.63) is 10.6 Å². The summed E-state index contributed by atoms with van der Waals surface area (Å²) in [5.41, 5.74) is 0.863. The van der Waals surface area contributed by atoms with E-state index in [1.54, 1.807) is 0 Å². The second kappa shape index (κ2) is 5.21. The zero-order valence-corrected chi connectivity index (χ0v) is 13.0. The lowest BCUT2D eigenvalue weighted by molar-refractivity contribution is 0.112. The number of hydrogen-bond acceptors (Lipinski definition) is 5. The van der Waals surface area contributed by atoms with E-state index in [1.165, 1.54) is 11.3 Å². The van der Waals surface area contributed by atoms with Crippen molar-refractivity contribution in [1.29, 1.82) is 0 Å². The summed E-state index contributed by atoms with van der Waals surface area (Å²) in [5.74, 6) is 2.28. The minimum absolute atomic E-state index is 0.0707. The maximum absolute atomic E-state index is 11.2. The van der Waals surface area contributed by atoms with E-state index in [9.17, 15) is 4.79 Å². The average Bonchev–Trinajstić information content (AvgIpc) is 2.73. The van der Waals surface area contributed by atoms with Gasteiger partial charge in [-0.15, -0.1) is 0 Å². The first kappa shape index (κ1) is 13.9. The highest BCUT2D eigenvalue weighted by Crippen LogP contribution is 2.34. The molecule has 0 aliphatic carbocycles. The Morgan fingerprint density at radius 3 is 2.67 bits per heavy atom. The van der Waals surface area contributed by atoms with Crippen LogP contribution in [0.2, 0.25) is 0 Å². The molecule has 0 amide bonds. The van der Waals surface area contributed by atoms with Gasteiger partial charge in [-0.25, -0.2) is 4.98 Å². The van der Waals surface area contributed by atoms with Gasteiger partial charge in [0, 0.05) is 29.5 Å². The number of rotatable bonds is 2. The third-order valence-electron chi connectivity index (χ3n) is 3.07. The summed E-state index contributed by atoms with van der Waals surface area (Å²) in [5, 5.41) is 1.01. The lowest BCUT2D eigenvalue weighted by Crippen LogP contribution is -2.40. The van der Waals surface area contributed by atoms with Crippen molar-refractivity contribution in [3.63, 3.8) is 0 Å². The SMILES string of the molecule is CC1CSCCN1c1nc(C(C)(C)C)c(C=O)s1. The Kier molecular flexibility index (Phi) is 4.02. The highest BCUT2D eigenvalue weighted by Gasteiger charge is 2.27. The lowest BCUT2D eigenvalue weighted by atomic mass is 9.91. The minimum Gasteiger partial charge on any atom is -0.344 e. The van der Waals surface area contributed by atoms with Crippen LogP contribution in [0.15, 0.2) is 0 Å². The van der Waals surface area contributed by atoms with E-state index in [4.69, 9.17) is 4.98 Å². The molecule has 0 spiro atoms. The van der Waals surface area contributed by atoms with Crippen LogP contribution in [0.3, 0.4) is 0 Å². The number of thioether (sulfide) groups is 1. The topological polar surface area (TPSA) is 33.2 Å². The summed E-state index contributed by atoms with van der Waals surface area (Å²) in [6.07, 6.45) is 0.950. The first-order chi connectivity index (χ1) is 8.43. The van der Waals surface area contributed by atoms with E-state index >= 15 is 0 Å². The molecule has 0 radical (unpaired) electrons. The van der Waals surface area contributed by atoms with E-state index in [2.05, 4.69) is 32.6 Å². The van der Waals surface area contributed by atoms with Gasteiger partial charge in [0.05, 0.1) is 10.6 Å². The third kappa shape index (κ3) is 2.72. The molecule has 1 aromatic rings. The lowest BCUT2D eigenvalue weighted by Gasteiger charge is -2.32. The van der Waals surface area contributed by atoms with Crippen molar-refractivity contribution in [2.45, 2.75) is 39.2 Å². The fraction of sp³-hybridized carbons (Fsp3) is 0.692. The Bertz CT molecular complexity index is 437. The van der Waals surface area contributed by atoms with Gasteiger partial charge in [-0.3, -0.25) is 4.79 Å². The second-order valence-corrected chi connectivity index (χ2v) is 7.85. The van der Waals surface area contributed by atoms with Crippen LogP contribution in [0.4, 0.5) is 5.13 Å². The number of anilines is 1. The molecule has 1 aromatic heterocycles. The molecular weight excluding hydrogens is 264 g/mol. The molecule has 1 aliphatic rings. The molecule has 18 heavy (non-hydrogen) atoms. The van der Waals surface area contributed by atoms with E-state index in [1.807, 2.05) is 11.8 Å². The van der Waals surface area contributed by atoms with Crippen molar-refractivity contribution >= 4 is 34.5 Å². The number of thiazole rings is 1. The molecule has 1 unspecified atom stereocenters. The normalized spacial score (nSPS) is 21.1. The summed E-state index contributed by atoms with van der Waals surface area (Å²) in [6, 6.07) is 0.502. The Hall–Kier alpha value is -0.550. The Labute approximate surface area is 117 Å². The van der Waals surface area contributed by atoms with Crippen LogP contribution in [0.5, 0.6) is 0 Å². The van der Waals surface area contributed by atoms with Crippen LogP contribution in [-0.2, 0) is 5.41 Å². The van der Waals surface area contributed by atoms with Crippen LogP contribution in [0, 0.1) is 0 Å². The quantitative estimate of drug-likeness (QED) is 0.781. The molecule has 0 N–H and O–H groups in total. The maximum atomic E-state index is 11.2. The molecule has 5 heteroatoms. The largest absolute Gasteiger partial charge is 0.344 e. The third-order valence-corrected chi connectivity index (χ3v) is 5.28. The second-order valence-electron chi connectivity index (χ2n) is 5.69. The highest BCUT2D eigenvalue weighted by molar-refractivity contribution is 7.99. The summed E-state index contributed by atoms with van der Waals surface area (Å²) < 4.78 is 0. The van der Waals surface area contributed by atoms with Crippen LogP contribution in [-0.4, -0.2) is 35.4 Å². The molecule has 2 rings (SSSR count). The molecule has 2 heterocycles. The highest BCUT2D eigenvalue weighted by atomic mass is 32.2. The predicted octanol–water partition coefficient (Wildman–Crippen LogP) is 3.19. The van der Waals surface area contributed by atoms with Crippen molar-refractivity contribution < 1.29 is 4.79 Å². The summed E-state index contributed by atoms with van der Waals surface area (Å²) in [6.45, 7) is 9.57. The van der Waals surface area contributed by atoms with Gasteiger partial charge in [0.25, 0.3) is 0 Å². The number of hydrogen-bond donors (Lipinski definition) is 0. The van der Waals surface area contributed by atoms with E-state index in [0.717, 1.165) is 40.0 Å². The number of carbonyl (C=O) groups excluding carboxylic acids is 1. The molecule has 1 saturated heterocycles. The van der Waals surface area contributed by atoms with Gasteiger partial charge in [-0.05, 0) is 6.92 Å². The summed E-state index contributed by atoms with van der Waals surface area (Å²) in [7, 11) is 0. The molecule has 100 valence electrons. The van der Waals surface area contributed by atoms with Crippen molar-refractivity contribution in [1.82, 2.24) is 4.98 Å². The van der Waals surface area contributed by atoms with Crippen LogP contribution >= 0.6 is 23.1 Å². The van der Waals surface area contributed by atoms with Crippen molar-refractivity contribution in [3.8, 4) is 0 Å². The van der Waals surface area contributed by atoms with Gasteiger partial charge in [0.1, 0.15) is 0 Å². The number of nitrogens with zero attached hydrogens (tertiary/aromatic N) is 2. The van der Waals surface area contributed by atoms with Gasteiger partial charge >= 0.3 is 0 Å². The van der Waals surface area contributed by atoms with Crippen LogP contribution in [0.25, 0.3) is 0 Å². The van der Waals surface area contributed by atoms with E-state index < -0.39 is 0 Å². The smallest absolute Gasteiger partial charge is 0.186 e. The van der Waals surface area contributed by atoms with Crippen molar-refractivity contribution in [2.75, 3.05) is 23.0 Å². The van der Waals surface area contributed by atoms with Crippen LogP contribution in [0.1, 0.15) is 43.1 Å². The van der Waals surface area contributed by atoms with Crippen LogP contribution < -0.4 is 4.90 Å². The molecule has 0 aromatic carbocycles. The number of aldehydes is 1. The van der Waals surface area contributed by atoms with Gasteiger partial charge in [0.15, 0.2) is 11.4 Å². The van der Waals surface area contributed by atoms with Gasteiger partial charge < -0.3 is 4.90 Å². The maximum Gasteiger partial charge on any atom is 0.186 e. The number of carbonyl (C=O) groups is 1. The zero-order chi connectivity index (χ0) is 13.3. The van der Waals surface area contributed by atoms with Crippen molar-refractivity contribution in [2.24, 2.45) is 0 Å².